The van der Waals surface area contributed by atoms with Gasteiger partial charge in [0.15, 0.2) is 5.11 Å². The van der Waals surface area contributed by atoms with Gasteiger partial charge in [0, 0.05) is 6.54 Å². The summed E-state index contributed by atoms with van der Waals surface area (Å²) in [6, 6.07) is 7.70. The van der Waals surface area contributed by atoms with Crippen LogP contribution in [0.5, 0.6) is 0 Å². The maximum atomic E-state index is 12.0. The molecule has 1 aromatic rings. The first-order valence-corrected chi connectivity index (χ1v) is 6.21. The van der Waals surface area contributed by atoms with Gasteiger partial charge in [0.1, 0.15) is 0 Å². The molecule has 106 valence electrons. The first kappa shape index (κ1) is 15.8. The molecule has 2 nitrogen and oxygen atoms in total. The van der Waals surface area contributed by atoms with Crippen molar-refractivity contribution in [3.63, 3.8) is 0 Å². The second kappa shape index (κ2) is 5.77. The molecule has 0 bridgehead atoms. The van der Waals surface area contributed by atoms with Crippen molar-refractivity contribution in [1.82, 2.24) is 10.6 Å². The molecule has 0 aliphatic rings. The van der Waals surface area contributed by atoms with Crippen molar-refractivity contribution < 1.29 is 13.2 Å². The fraction of sp³-hybridized carbons (Fsp3) is 0.462. The van der Waals surface area contributed by atoms with E-state index in [1.807, 2.05) is 24.3 Å². The lowest BCUT2D eigenvalue weighted by molar-refractivity contribution is -0.141. The van der Waals surface area contributed by atoms with Gasteiger partial charge < -0.3 is 5.32 Å². The summed E-state index contributed by atoms with van der Waals surface area (Å²) in [6.45, 7) is 6.56. The van der Waals surface area contributed by atoms with Crippen molar-refractivity contribution in [1.29, 1.82) is 0 Å². The Morgan fingerprint density at radius 3 is 2.05 bits per heavy atom. The quantitative estimate of drug-likeness (QED) is 0.644. The average Bonchev–Trinajstić information content (AvgIpc) is 2.23. The third kappa shape index (κ3) is 5.92. The van der Waals surface area contributed by atoms with E-state index in [-0.39, 0.29) is 12.0 Å². The van der Waals surface area contributed by atoms with Crippen molar-refractivity contribution in [3.8, 4) is 0 Å². The molecule has 1 rings (SSSR count). The lowest BCUT2D eigenvalue weighted by Crippen LogP contribution is -2.43. The molecule has 1 aromatic carbocycles. The second-order valence-electron chi connectivity index (χ2n) is 5.25. The minimum Gasteiger partial charge on any atom is -0.358 e. The van der Waals surface area contributed by atoms with Crippen molar-refractivity contribution in [2.75, 3.05) is 0 Å². The lowest BCUT2D eigenvalue weighted by Gasteiger charge is -2.19. The summed E-state index contributed by atoms with van der Waals surface area (Å²) in [5, 5.41) is 3.34. The molecule has 0 spiro atoms. The fourth-order valence-corrected chi connectivity index (χ4v) is 1.67. The Kier molecular flexibility index (Phi) is 4.79. The maximum Gasteiger partial charge on any atom is 0.484 e. The summed E-state index contributed by atoms with van der Waals surface area (Å²) < 4.78 is 35.9. The molecule has 2 N–H and O–H groups in total. The molecule has 0 aliphatic carbocycles. The molecule has 0 aliphatic heterocycles. The van der Waals surface area contributed by atoms with Gasteiger partial charge >= 0.3 is 6.30 Å². The molecule has 0 radical (unpaired) electrons. The van der Waals surface area contributed by atoms with Crippen molar-refractivity contribution in [2.24, 2.45) is 0 Å². The Morgan fingerprint density at radius 2 is 1.63 bits per heavy atom. The summed E-state index contributed by atoms with van der Waals surface area (Å²) >= 11 is 4.54. The zero-order valence-corrected chi connectivity index (χ0v) is 11.9. The van der Waals surface area contributed by atoms with Crippen LogP contribution in [0.25, 0.3) is 0 Å². The zero-order chi connectivity index (χ0) is 14.7. The topological polar surface area (TPSA) is 24.1 Å². The minimum absolute atomic E-state index is 0.0547. The minimum atomic E-state index is -4.50. The Hall–Kier alpha value is -1.30. The zero-order valence-electron chi connectivity index (χ0n) is 11.1. The van der Waals surface area contributed by atoms with E-state index in [0.717, 1.165) is 5.56 Å². The van der Waals surface area contributed by atoms with Gasteiger partial charge in [0.2, 0.25) is 0 Å². The molecular weight excluding hydrogens is 273 g/mol. The van der Waals surface area contributed by atoms with Crippen LogP contribution in [-0.2, 0) is 12.0 Å². The highest BCUT2D eigenvalue weighted by atomic mass is 32.1. The van der Waals surface area contributed by atoms with E-state index in [9.17, 15) is 13.2 Å². The van der Waals surface area contributed by atoms with Crippen molar-refractivity contribution in [3.05, 3.63) is 35.4 Å². The van der Waals surface area contributed by atoms with Crippen LogP contribution in [0.4, 0.5) is 13.2 Å². The van der Waals surface area contributed by atoms with Gasteiger partial charge in [-0.1, -0.05) is 45.0 Å². The van der Waals surface area contributed by atoms with Crippen LogP contribution in [0.3, 0.4) is 0 Å². The molecule has 0 saturated carbocycles. The largest absolute Gasteiger partial charge is 0.484 e. The molecule has 0 atom stereocenters. The van der Waals surface area contributed by atoms with Crippen LogP contribution in [0.2, 0.25) is 0 Å². The van der Waals surface area contributed by atoms with Gasteiger partial charge in [-0.25, -0.2) is 0 Å². The molecule has 19 heavy (non-hydrogen) atoms. The number of benzene rings is 1. The normalized spacial score (nSPS) is 12.1. The highest BCUT2D eigenvalue weighted by Crippen LogP contribution is 2.22. The van der Waals surface area contributed by atoms with E-state index < -0.39 is 11.4 Å². The van der Waals surface area contributed by atoms with E-state index in [0.29, 0.717) is 0 Å². The highest BCUT2D eigenvalue weighted by molar-refractivity contribution is 7.80. The standard InChI is InChI=1S/C13H17F3N2S/c1-12(2,3)10-6-4-9(5-7-10)8-17-11(19)18-13(14,15)16/h4-7H,8H2,1-3H3,(H2,17,18,19). The number of halogens is 3. The van der Waals surface area contributed by atoms with E-state index in [1.165, 1.54) is 10.9 Å². The van der Waals surface area contributed by atoms with Crippen LogP contribution in [0.15, 0.2) is 24.3 Å². The fourth-order valence-electron chi connectivity index (χ4n) is 1.48. The third-order valence-corrected chi connectivity index (χ3v) is 2.77. The van der Waals surface area contributed by atoms with Gasteiger partial charge in [-0.3, -0.25) is 5.32 Å². The molecule has 0 saturated heterocycles. The first-order chi connectivity index (χ1) is 8.58. The van der Waals surface area contributed by atoms with Crippen molar-refractivity contribution >= 4 is 17.3 Å². The van der Waals surface area contributed by atoms with Gasteiger partial charge in [-0.2, -0.15) is 13.2 Å². The summed E-state index contributed by atoms with van der Waals surface area (Å²) in [6.07, 6.45) is -4.50. The number of thiocarbonyl (C=S) groups is 1. The molecule has 0 heterocycles. The van der Waals surface area contributed by atoms with Crippen LogP contribution < -0.4 is 10.6 Å². The highest BCUT2D eigenvalue weighted by Gasteiger charge is 2.28. The maximum absolute atomic E-state index is 12.0. The first-order valence-electron chi connectivity index (χ1n) is 5.80. The van der Waals surface area contributed by atoms with Gasteiger partial charge in [0.05, 0.1) is 0 Å². The molecule has 6 heteroatoms. The average molecular weight is 290 g/mol. The third-order valence-electron chi connectivity index (χ3n) is 2.53. The summed E-state index contributed by atoms with van der Waals surface area (Å²) in [4.78, 5) is 0. The van der Waals surface area contributed by atoms with E-state index in [2.05, 4.69) is 38.3 Å². The van der Waals surface area contributed by atoms with E-state index in [4.69, 9.17) is 0 Å². The predicted molar refractivity (Wildman–Crippen MR) is 73.8 cm³/mol. The number of nitrogens with one attached hydrogen (secondary N) is 2. The summed E-state index contributed by atoms with van der Waals surface area (Å²) in [7, 11) is 0. The smallest absolute Gasteiger partial charge is 0.358 e. The molecular formula is C13H17F3N2S. The molecule has 0 fully saturated rings. The van der Waals surface area contributed by atoms with Crippen molar-refractivity contribution in [2.45, 2.75) is 39.0 Å². The Bertz CT molecular complexity index is 433. The van der Waals surface area contributed by atoms with Crippen LogP contribution in [0, 0.1) is 0 Å². The number of alkyl halides is 3. The number of rotatable bonds is 2. The van der Waals surface area contributed by atoms with Crippen LogP contribution in [0.1, 0.15) is 31.9 Å². The van der Waals surface area contributed by atoms with Crippen LogP contribution in [-0.4, -0.2) is 11.4 Å². The molecule has 0 amide bonds. The Labute approximate surface area is 116 Å². The summed E-state index contributed by atoms with van der Waals surface area (Å²) in [5.74, 6) is 0. The molecule has 0 unspecified atom stereocenters. The Balaban J connectivity index is 2.53. The SMILES string of the molecule is CC(C)(C)c1ccc(CNC(=S)NC(F)(F)F)cc1. The lowest BCUT2D eigenvalue weighted by atomic mass is 9.87. The number of hydrogen-bond donors (Lipinski definition) is 2. The predicted octanol–water partition coefficient (Wildman–Crippen LogP) is 3.47. The summed E-state index contributed by atoms with van der Waals surface area (Å²) in [5.41, 5.74) is 2.10. The van der Waals surface area contributed by atoms with Gasteiger partial charge in [0.25, 0.3) is 0 Å². The monoisotopic (exact) mass is 290 g/mol. The number of hydrogen-bond acceptors (Lipinski definition) is 1. The van der Waals surface area contributed by atoms with E-state index >= 15 is 0 Å². The second-order valence-corrected chi connectivity index (χ2v) is 5.66. The van der Waals surface area contributed by atoms with Gasteiger partial charge in [-0.05, 0) is 28.8 Å². The molecule has 0 aromatic heterocycles. The Morgan fingerprint density at radius 1 is 1.11 bits per heavy atom. The van der Waals surface area contributed by atoms with Crippen LogP contribution >= 0.6 is 12.2 Å². The van der Waals surface area contributed by atoms with Gasteiger partial charge in [-0.15, -0.1) is 0 Å². The van der Waals surface area contributed by atoms with E-state index in [1.54, 1.807) is 0 Å².